The largest absolute Gasteiger partial charge is 0.496 e. The van der Waals surface area contributed by atoms with Gasteiger partial charge in [-0.3, -0.25) is 20.0 Å². The van der Waals surface area contributed by atoms with Crippen molar-refractivity contribution in [3.63, 3.8) is 0 Å². The summed E-state index contributed by atoms with van der Waals surface area (Å²) in [4.78, 5) is 26.3. The van der Waals surface area contributed by atoms with Gasteiger partial charge in [-0.15, -0.1) is 0 Å². The normalized spacial score (nSPS) is 13.5. The predicted octanol–water partition coefficient (Wildman–Crippen LogP) is 5.55. The van der Waals surface area contributed by atoms with Gasteiger partial charge in [-0.25, -0.2) is 5.43 Å². The van der Waals surface area contributed by atoms with E-state index in [0.29, 0.717) is 41.2 Å². The molecule has 192 valence electrons. The summed E-state index contributed by atoms with van der Waals surface area (Å²) in [5, 5.41) is 6.15. The lowest BCUT2D eigenvalue weighted by molar-refractivity contribution is 0.0921. The molecule has 0 aliphatic heterocycles. The first kappa shape index (κ1) is 24.8. The van der Waals surface area contributed by atoms with Crippen molar-refractivity contribution >= 4 is 28.9 Å². The molecule has 2 amide bonds. The van der Waals surface area contributed by atoms with Crippen LogP contribution in [0.15, 0.2) is 94.4 Å². The van der Waals surface area contributed by atoms with Crippen LogP contribution < -0.4 is 20.6 Å². The summed E-state index contributed by atoms with van der Waals surface area (Å²) in [7, 11) is 1.52. The number of ether oxygens (including phenoxy) is 1. The van der Waals surface area contributed by atoms with Gasteiger partial charge in [-0.1, -0.05) is 48.5 Å². The highest BCUT2D eigenvalue weighted by atomic mass is 16.5. The number of hydrazine groups is 1. The van der Waals surface area contributed by atoms with Gasteiger partial charge in [0.25, 0.3) is 5.91 Å². The second kappa shape index (κ2) is 11.0. The van der Waals surface area contributed by atoms with Gasteiger partial charge in [0, 0.05) is 17.5 Å². The van der Waals surface area contributed by atoms with Gasteiger partial charge in [0.15, 0.2) is 5.76 Å². The molecule has 0 saturated carbocycles. The Hall–Kier alpha value is -4.85. The molecular weight excluding hydrogens is 480 g/mol. The minimum Gasteiger partial charge on any atom is -0.496 e. The third kappa shape index (κ3) is 5.01. The number of amides is 2. The molecule has 5 rings (SSSR count). The number of hydrazone groups is 1. The van der Waals surface area contributed by atoms with Crippen molar-refractivity contribution in [1.82, 2.24) is 10.9 Å². The highest BCUT2D eigenvalue weighted by Gasteiger charge is 2.29. The van der Waals surface area contributed by atoms with E-state index >= 15 is 0 Å². The van der Waals surface area contributed by atoms with E-state index in [1.54, 1.807) is 29.3 Å². The molecule has 0 bridgehead atoms. The number of nitrogens with one attached hydrogen (secondary N) is 2. The Morgan fingerprint density at radius 2 is 1.50 bits per heavy atom. The molecule has 0 radical (unpaired) electrons. The minimum atomic E-state index is -0.373. The predicted molar refractivity (Wildman–Crippen MR) is 146 cm³/mol. The quantitative estimate of drug-likeness (QED) is 0.319. The first-order valence-electron chi connectivity index (χ1n) is 12.4. The van der Waals surface area contributed by atoms with E-state index in [9.17, 15) is 9.59 Å². The van der Waals surface area contributed by atoms with Crippen LogP contribution in [0.3, 0.4) is 0 Å². The Balaban J connectivity index is 1.41. The highest BCUT2D eigenvalue weighted by Crippen LogP contribution is 2.31. The maximum Gasteiger partial charge on any atom is 0.306 e. The molecule has 0 fully saturated rings. The summed E-state index contributed by atoms with van der Waals surface area (Å²) in [6, 6.07) is 26.1. The maximum absolute atomic E-state index is 13.5. The van der Waals surface area contributed by atoms with Gasteiger partial charge in [0.2, 0.25) is 0 Å². The molecule has 3 aromatic carbocycles. The number of rotatable bonds is 7. The number of benzene rings is 3. The first-order valence-corrected chi connectivity index (χ1v) is 12.4. The number of aryl methyl sites for hydroxylation is 1. The van der Waals surface area contributed by atoms with Crippen LogP contribution >= 0.6 is 0 Å². The topological polar surface area (TPSA) is 96.2 Å². The molecule has 1 aliphatic carbocycles. The summed E-state index contributed by atoms with van der Waals surface area (Å²) < 4.78 is 11.4. The number of carbonyl (C=O) groups is 2. The number of hydrogen-bond acceptors (Lipinski definition) is 6. The van der Waals surface area contributed by atoms with E-state index in [1.807, 2.05) is 67.6 Å². The first-order chi connectivity index (χ1) is 18.6. The van der Waals surface area contributed by atoms with E-state index in [4.69, 9.17) is 9.15 Å². The molecular formula is C30H28N4O4. The molecule has 2 N–H and O–H groups in total. The van der Waals surface area contributed by atoms with Crippen LogP contribution in [0.5, 0.6) is 5.75 Å². The zero-order chi connectivity index (χ0) is 26.5. The van der Waals surface area contributed by atoms with Crippen molar-refractivity contribution in [2.24, 2.45) is 5.10 Å². The average molecular weight is 509 g/mol. The fraction of sp³-hybridized carbons (Fsp3) is 0.167. The zero-order valence-corrected chi connectivity index (χ0v) is 21.2. The lowest BCUT2D eigenvalue weighted by Gasteiger charge is -2.25. The molecule has 0 spiro atoms. The second-order valence-corrected chi connectivity index (χ2v) is 8.86. The standard InChI is InChI=1S/C30H28N4O4/c1-20-27-24(31-32-29(35)23-16-9-10-18-25(23)37-2)17-11-19-26(27)38-28(20)30(36)33-34(21-12-5-3-6-13-21)22-14-7-4-8-15-22/h3-10,12-16,18H,11,17,19H2,1-2H3,(H,32,35)(H,33,36)/b31-24+. The third-order valence-corrected chi connectivity index (χ3v) is 6.42. The summed E-state index contributed by atoms with van der Waals surface area (Å²) >= 11 is 0. The molecule has 4 aromatic rings. The summed E-state index contributed by atoms with van der Waals surface area (Å²) in [5.74, 6) is 0.631. The van der Waals surface area contributed by atoms with E-state index in [0.717, 1.165) is 23.4 Å². The van der Waals surface area contributed by atoms with Gasteiger partial charge in [0.05, 0.1) is 29.8 Å². The lowest BCUT2D eigenvalue weighted by atomic mass is 9.93. The van der Waals surface area contributed by atoms with E-state index in [-0.39, 0.29) is 17.6 Å². The summed E-state index contributed by atoms with van der Waals surface area (Å²) in [6.07, 6.45) is 2.13. The van der Waals surface area contributed by atoms with Gasteiger partial charge < -0.3 is 9.15 Å². The van der Waals surface area contributed by atoms with Crippen molar-refractivity contribution in [3.05, 3.63) is 113 Å². The number of anilines is 2. The van der Waals surface area contributed by atoms with Gasteiger partial charge in [0.1, 0.15) is 11.5 Å². The highest BCUT2D eigenvalue weighted by molar-refractivity contribution is 6.07. The lowest BCUT2D eigenvalue weighted by Crippen LogP contribution is -2.39. The van der Waals surface area contributed by atoms with Crippen LogP contribution in [0, 0.1) is 6.92 Å². The van der Waals surface area contributed by atoms with Crippen LogP contribution in [0.4, 0.5) is 11.4 Å². The molecule has 8 nitrogen and oxygen atoms in total. The number of hydrogen-bond donors (Lipinski definition) is 2. The number of furan rings is 1. The molecule has 1 aromatic heterocycles. The van der Waals surface area contributed by atoms with Crippen LogP contribution in [0.25, 0.3) is 0 Å². The number of fused-ring (bicyclic) bond motifs is 1. The Morgan fingerprint density at radius 1 is 0.868 bits per heavy atom. The van der Waals surface area contributed by atoms with Crippen LogP contribution in [0.1, 0.15) is 50.6 Å². The molecule has 8 heteroatoms. The fourth-order valence-corrected chi connectivity index (χ4v) is 4.59. The van der Waals surface area contributed by atoms with E-state index in [1.165, 1.54) is 7.11 Å². The van der Waals surface area contributed by atoms with Crippen LogP contribution in [0.2, 0.25) is 0 Å². The van der Waals surface area contributed by atoms with Crippen LogP contribution in [-0.2, 0) is 6.42 Å². The van der Waals surface area contributed by atoms with Crippen molar-refractivity contribution in [2.45, 2.75) is 26.2 Å². The third-order valence-electron chi connectivity index (χ3n) is 6.42. The number of nitrogens with zero attached hydrogens (tertiary/aromatic N) is 2. The molecule has 1 aliphatic rings. The summed E-state index contributed by atoms with van der Waals surface area (Å²) in [6.45, 7) is 1.84. The average Bonchev–Trinajstić information content (AvgIpc) is 3.32. The second-order valence-electron chi connectivity index (χ2n) is 8.86. The van der Waals surface area contributed by atoms with Gasteiger partial charge >= 0.3 is 5.91 Å². The molecule has 0 saturated heterocycles. The van der Waals surface area contributed by atoms with E-state index in [2.05, 4.69) is 16.0 Å². The SMILES string of the molecule is COc1ccccc1C(=O)N/N=C1\CCCc2oc(C(=O)NN(c3ccccc3)c3ccccc3)c(C)c21. The Labute approximate surface area is 220 Å². The smallest absolute Gasteiger partial charge is 0.306 e. The van der Waals surface area contributed by atoms with Crippen molar-refractivity contribution < 1.29 is 18.7 Å². The Kier molecular flexibility index (Phi) is 7.21. The number of methoxy groups -OCH3 is 1. The Morgan fingerprint density at radius 3 is 2.16 bits per heavy atom. The number of para-hydroxylation sites is 3. The monoisotopic (exact) mass is 508 g/mol. The maximum atomic E-state index is 13.5. The molecule has 0 unspecified atom stereocenters. The number of carbonyl (C=O) groups excluding carboxylic acids is 2. The van der Waals surface area contributed by atoms with E-state index < -0.39 is 0 Å². The molecule has 0 atom stereocenters. The van der Waals surface area contributed by atoms with Crippen molar-refractivity contribution in [1.29, 1.82) is 0 Å². The van der Waals surface area contributed by atoms with Gasteiger partial charge in [-0.2, -0.15) is 5.10 Å². The summed E-state index contributed by atoms with van der Waals surface area (Å²) in [5.41, 5.74) is 9.77. The van der Waals surface area contributed by atoms with Crippen molar-refractivity contribution in [2.75, 3.05) is 12.1 Å². The van der Waals surface area contributed by atoms with Gasteiger partial charge in [-0.05, 0) is 56.2 Å². The molecule has 38 heavy (non-hydrogen) atoms. The fourth-order valence-electron chi connectivity index (χ4n) is 4.59. The van der Waals surface area contributed by atoms with Crippen LogP contribution in [-0.4, -0.2) is 24.6 Å². The van der Waals surface area contributed by atoms with Crippen molar-refractivity contribution in [3.8, 4) is 5.75 Å². The molecule has 1 heterocycles. The Bertz CT molecular complexity index is 1440. The zero-order valence-electron chi connectivity index (χ0n) is 21.2. The minimum absolute atomic E-state index is 0.220.